The first kappa shape index (κ1) is 24.5. The van der Waals surface area contributed by atoms with Gasteiger partial charge >= 0.3 is 17.9 Å². The summed E-state index contributed by atoms with van der Waals surface area (Å²) in [7, 11) is 0. The molecular formula is C26H40O7. The first-order valence-corrected chi connectivity index (χ1v) is 12.5. The summed E-state index contributed by atoms with van der Waals surface area (Å²) >= 11 is 0. The predicted molar refractivity (Wildman–Crippen MR) is 120 cm³/mol. The Morgan fingerprint density at radius 2 is 1.58 bits per heavy atom. The van der Waals surface area contributed by atoms with Crippen LogP contribution in [0.1, 0.15) is 86.0 Å². The van der Waals surface area contributed by atoms with Crippen molar-refractivity contribution in [2.45, 2.75) is 97.7 Å². The lowest BCUT2D eigenvalue weighted by atomic mass is 9.40. The molecule has 1 spiro atoms. The molecule has 33 heavy (non-hydrogen) atoms. The van der Waals surface area contributed by atoms with Gasteiger partial charge in [0.15, 0.2) is 0 Å². The SMILES string of the molecule is CC(=O)OC[C@@]1(C)CCC[C@]2(C)C1C[C@@H](OC(C)=O)[C@@]13C[C@@H](CC[C@H]12)[C@@](O)(COC(C)=O)C3. The maximum Gasteiger partial charge on any atom is 0.302 e. The summed E-state index contributed by atoms with van der Waals surface area (Å²) < 4.78 is 16.9. The van der Waals surface area contributed by atoms with Gasteiger partial charge in [0.05, 0.1) is 6.61 Å². The fourth-order valence-electron chi connectivity index (χ4n) is 8.82. The topological polar surface area (TPSA) is 99.1 Å². The van der Waals surface area contributed by atoms with Gasteiger partial charge in [-0.05, 0) is 68.1 Å². The van der Waals surface area contributed by atoms with E-state index in [1.807, 2.05) is 0 Å². The number of aliphatic hydroxyl groups is 1. The van der Waals surface area contributed by atoms with E-state index >= 15 is 0 Å². The number of rotatable bonds is 5. The van der Waals surface area contributed by atoms with Crippen LogP contribution in [0.5, 0.6) is 0 Å². The average Bonchev–Trinajstić information content (AvgIpc) is 2.93. The van der Waals surface area contributed by atoms with Gasteiger partial charge in [-0.25, -0.2) is 0 Å². The van der Waals surface area contributed by atoms with Crippen LogP contribution in [0.3, 0.4) is 0 Å². The lowest BCUT2D eigenvalue weighted by Gasteiger charge is -2.65. The summed E-state index contributed by atoms with van der Waals surface area (Å²) in [4.78, 5) is 35.4. The molecule has 0 heterocycles. The van der Waals surface area contributed by atoms with Crippen molar-refractivity contribution < 1.29 is 33.7 Å². The summed E-state index contributed by atoms with van der Waals surface area (Å²) in [6, 6.07) is 0. The molecule has 0 aromatic rings. The first-order valence-electron chi connectivity index (χ1n) is 12.5. The standard InChI is InChI=1S/C26H40O7/c1-16(27)31-14-23(4)9-6-10-24(5)20-8-7-19-12-25(20,13-26(19,30)15-32-17(2)28)22(11-21(23)24)33-18(3)29/h19-22,30H,6-15H2,1-5H3/t19-,20+,21?,22-,23-,24+,25-,26+/m1/s1. The quantitative estimate of drug-likeness (QED) is 0.488. The fourth-order valence-corrected chi connectivity index (χ4v) is 8.82. The zero-order valence-corrected chi connectivity index (χ0v) is 20.8. The molecule has 4 aliphatic rings. The zero-order valence-electron chi connectivity index (χ0n) is 20.8. The molecule has 7 nitrogen and oxygen atoms in total. The minimum absolute atomic E-state index is 0.00142. The second-order valence-electron chi connectivity index (χ2n) is 12.0. The van der Waals surface area contributed by atoms with Crippen LogP contribution < -0.4 is 0 Å². The van der Waals surface area contributed by atoms with E-state index in [2.05, 4.69) is 13.8 Å². The van der Waals surface area contributed by atoms with Gasteiger partial charge in [0.1, 0.15) is 18.3 Å². The van der Waals surface area contributed by atoms with E-state index < -0.39 is 5.60 Å². The van der Waals surface area contributed by atoms with Gasteiger partial charge in [-0.2, -0.15) is 0 Å². The molecule has 7 heteroatoms. The molecule has 4 saturated carbocycles. The molecule has 0 aromatic carbocycles. The normalized spacial score (nSPS) is 46.0. The van der Waals surface area contributed by atoms with Crippen LogP contribution in [-0.4, -0.2) is 47.9 Å². The zero-order chi connectivity index (χ0) is 24.2. The Hall–Kier alpha value is -1.63. The van der Waals surface area contributed by atoms with E-state index in [4.69, 9.17) is 14.2 Å². The van der Waals surface area contributed by atoms with Crippen molar-refractivity contribution in [3.05, 3.63) is 0 Å². The van der Waals surface area contributed by atoms with Gasteiger partial charge in [0.25, 0.3) is 0 Å². The Labute approximate surface area is 196 Å². The molecule has 2 bridgehead atoms. The number of carbonyl (C=O) groups is 3. The van der Waals surface area contributed by atoms with Crippen LogP contribution in [0.2, 0.25) is 0 Å². The number of carbonyl (C=O) groups excluding carboxylic acids is 3. The Morgan fingerprint density at radius 1 is 0.909 bits per heavy atom. The van der Waals surface area contributed by atoms with Crippen LogP contribution in [0.15, 0.2) is 0 Å². The van der Waals surface area contributed by atoms with Crippen molar-refractivity contribution in [1.29, 1.82) is 0 Å². The highest BCUT2D eigenvalue weighted by molar-refractivity contribution is 5.67. The third-order valence-electron chi connectivity index (χ3n) is 9.95. The number of fused-ring (bicyclic) bond motifs is 3. The average molecular weight is 465 g/mol. The second-order valence-corrected chi connectivity index (χ2v) is 12.0. The highest BCUT2D eigenvalue weighted by atomic mass is 16.6. The monoisotopic (exact) mass is 464 g/mol. The Bertz CT molecular complexity index is 825. The predicted octanol–water partition coefficient (Wildman–Crippen LogP) is 3.80. The van der Waals surface area contributed by atoms with Crippen LogP contribution in [0.4, 0.5) is 0 Å². The lowest BCUT2D eigenvalue weighted by Crippen LogP contribution is -2.63. The molecule has 186 valence electrons. The van der Waals surface area contributed by atoms with Gasteiger partial charge < -0.3 is 19.3 Å². The molecule has 4 fully saturated rings. The van der Waals surface area contributed by atoms with Gasteiger partial charge in [-0.3, -0.25) is 14.4 Å². The third-order valence-corrected chi connectivity index (χ3v) is 9.95. The molecule has 4 rings (SSSR count). The van der Waals surface area contributed by atoms with Crippen molar-refractivity contribution in [2.24, 2.45) is 34.0 Å². The number of hydrogen-bond donors (Lipinski definition) is 1. The molecule has 1 unspecified atom stereocenters. The molecule has 0 saturated heterocycles. The summed E-state index contributed by atoms with van der Waals surface area (Å²) in [5.74, 6) is -0.391. The minimum atomic E-state index is -1.09. The summed E-state index contributed by atoms with van der Waals surface area (Å²) in [6.45, 7) is 9.25. The highest BCUT2D eigenvalue weighted by Gasteiger charge is 2.71. The molecule has 4 aliphatic carbocycles. The highest BCUT2D eigenvalue weighted by Crippen LogP contribution is 2.73. The van der Waals surface area contributed by atoms with Gasteiger partial charge in [-0.15, -0.1) is 0 Å². The third kappa shape index (κ3) is 3.98. The Kier molecular flexibility index (Phi) is 6.12. The first-order chi connectivity index (χ1) is 15.3. The summed E-state index contributed by atoms with van der Waals surface area (Å²) in [5.41, 5.74) is -1.59. The van der Waals surface area contributed by atoms with E-state index in [0.717, 1.165) is 38.5 Å². The van der Waals surface area contributed by atoms with Crippen LogP contribution in [-0.2, 0) is 28.6 Å². The van der Waals surface area contributed by atoms with E-state index in [1.54, 1.807) is 0 Å². The van der Waals surface area contributed by atoms with E-state index in [1.165, 1.54) is 20.8 Å². The summed E-state index contributed by atoms with van der Waals surface area (Å²) in [5, 5.41) is 11.6. The van der Waals surface area contributed by atoms with Crippen molar-refractivity contribution in [3.63, 3.8) is 0 Å². The number of ether oxygens (including phenoxy) is 3. The number of hydrogen-bond acceptors (Lipinski definition) is 7. The second kappa shape index (κ2) is 8.24. The van der Waals surface area contributed by atoms with Crippen molar-refractivity contribution in [3.8, 4) is 0 Å². The molecule has 0 amide bonds. The molecule has 0 radical (unpaired) electrons. The molecule has 0 aromatic heterocycles. The molecule has 1 N–H and O–H groups in total. The molecule has 8 atom stereocenters. The largest absolute Gasteiger partial charge is 0.465 e. The Balaban J connectivity index is 1.72. The van der Waals surface area contributed by atoms with Crippen LogP contribution >= 0.6 is 0 Å². The maximum absolute atomic E-state index is 12.2. The van der Waals surface area contributed by atoms with Gasteiger partial charge in [0, 0.05) is 31.6 Å². The fraction of sp³-hybridized carbons (Fsp3) is 0.885. The van der Waals surface area contributed by atoms with Crippen LogP contribution in [0.25, 0.3) is 0 Å². The molecular weight excluding hydrogens is 424 g/mol. The van der Waals surface area contributed by atoms with E-state index in [0.29, 0.717) is 19.4 Å². The number of esters is 3. The molecule has 0 aliphatic heterocycles. The van der Waals surface area contributed by atoms with Crippen molar-refractivity contribution >= 4 is 17.9 Å². The summed E-state index contributed by atoms with van der Waals surface area (Å²) in [6.07, 6.45) is 6.65. The van der Waals surface area contributed by atoms with Gasteiger partial charge in [0.2, 0.25) is 0 Å². The van der Waals surface area contributed by atoms with E-state index in [-0.39, 0.29) is 64.6 Å². The van der Waals surface area contributed by atoms with Crippen molar-refractivity contribution in [1.82, 2.24) is 0 Å². The lowest BCUT2D eigenvalue weighted by molar-refractivity contribution is -0.221. The smallest absolute Gasteiger partial charge is 0.302 e. The maximum atomic E-state index is 12.2. The Morgan fingerprint density at radius 3 is 2.21 bits per heavy atom. The van der Waals surface area contributed by atoms with Crippen molar-refractivity contribution in [2.75, 3.05) is 13.2 Å². The van der Waals surface area contributed by atoms with Crippen LogP contribution in [0, 0.1) is 34.0 Å². The van der Waals surface area contributed by atoms with Gasteiger partial charge in [-0.1, -0.05) is 20.3 Å². The van der Waals surface area contributed by atoms with E-state index in [9.17, 15) is 19.5 Å². The minimum Gasteiger partial charge on any atom is -0.465 e.